The minimum Gasteiger partial charge on any atom is -0.455 e. The zero-order chi connectivity index (χ0) is 21.8. The largest absolute Gasteiger partial charge is 0.455 e. The van der Waals surface area contributed by atoms with E-state index in [4.69, 9.17) is 10.5 Å². The number of benzene rings is 3. The number of anilines is 2. The highest BCUT2D eigenvalue weighted by atomic mass is 19.1. The number of hydrogen-bond donors (Lipinski definition) is 1. The van der Waals surface area contributed by atoms with Gasteiger partial charge in [-0.2, -0.15) is 0 Å². The molecular formula is C25H20FN3O2. The lowest BCUT2D eigenvalue weighted by atomic mass is 10.1. The fourth-order valence-electron chi connectivity index (χ4n) is 3.18. The maximum atomic E-state index is 13.3. The molecule has 0 aliphatic heterocycles. The summed E-state index contributed by atoms with van der Waals surface area (Å²) in [6, 6.07) is 26.4. The van der Waals surface area contributed by atoms with E-state index in [-0.39, 0.29) is 11.5 Å². The molecule has 0 radical (unpaired) electrons. The Hall–Kier alpha value is -4.19. The predicted molar refractivity (Wildman–Crippen MR) is 119 cm³/mol. The smallest absolute Gasteiger partial charge is 0.267 e. The van der Waals surface area contributed by atoms with Crippen LogP contribution in [0.3, 0.4) is 0 Å². The van der Waals surface area contributed by atoms with Gasteiger partial charge in [0.25, 0.3) is 5.91 Å². The molecule has 4 aromatic rings. The third-order valence-electron chi connectivity index (χ3n) is 4.80. The third-order valence-corrected chi connectivity index (χ3v) is 4.80. The number of nitrogens with zero attached hydrogens (tertiary/aromatic N) is 2. The predicted octanol–water partition coefficient (Wildman–Crippen LogP) is 5.55. The Morgan fingerprint density at radius 2 is 1.68 bits per heavy atom. The molecule has 2 N–H and O–H groups in total. The van der Waals surface area contributed by atoms with Gasteiger partial charge in [-0.05, 0) is 66.7 Å². The van der Waals surface area contributed by atoms with Crippen LogP contribution in [0.2, 0.25) is 0 Å². The molecule has 0 aliphatic carbocycles. The molecule has 0 bridgehead atoms. The summed E-state index contributed by atoms with van der Waals surface area (Å²) in [6.07, 6.45) is 0. The van der Waals surface area contributed by atoms with Gasteiger partial charge < -0.3 is 15.4 Å². The van der Waals surface area contributed by atoms with Gasteiger partial charge >= 0.3 is 0 Å². The third kappa shape index (κ3) is 4.53. The molecule has 0 saturated carbocycles. The van der Waals surface area contributed by atoms with Gasteiger partial charge in [-0.25, -0.2) is 9.37 Å². The molecule has 4 rings (SSSR count). The van der Waals surface area contributed by atoms with Crippen LogP contribution in [0.15, 0.2) is 91.0 Å². The van der Waals surface area contributed by atoms with Crippen molar-refractivity contribution in [3.63, 3.8) is 0 Å². The molecule has 1 amide bonds. The molecule has 6 heteroatoms. The van der Waals surface area contributed by atoms with Crippen molar-refractivity contribution in [2.45, 2.75) is 0 Å². The van der Waals surface area contributed by atoms with E-state index in [2.05, 4.69) is 4.98 Å². The van der Waals surface area contributed by atoms with E-state index in [1.54, 1.807) is 24.3 Å². The molecule has 1 aromatic heterocycles. The van der Waals surface area contributed by atoms with Crippen LogP contribution in [0, 0.1) is 5.82 Å². The Balaban J connectivity index is 1.78. The van der Waals surface area contributed by atoms with Crippen molar-refractivity contribution in [2.75, 3.05) is 11.9 Å². The average molecular weight is 413 g/mol. The number of halogens is 1. The van der Waals surface area contributed by atoms with E-state index >= 15 is 0 Å². The fraction of sp³-hybridized carbons (Fsp3) is 0.0400. The second kappa shape index (κ2) is 8.67. The van der Waals surface area contributed by atoms with E-state index in [1.165, 1.54) is 12.1 Å². The molecule has 0 atom stereocenters. The first kappa shape index (κ1) is 20.1. The molecule has 0 fully saturated rings. The summed E-state index contributed by atoms with van der Waals surface area (Å²) in [6.45, 7) is 0. The first-order valence-electron chi connectivity index (χ1n) is 9.65. The second-order valence-electron chi connectivity index (χ2n) is 6.91. The number of aromatic nitrogens is 1. The maximum Gasteiger partial charge on any atom is 0.267 e. The first-order chi connectivity index (χ1) is 15.0. The van der Waals surface area contributed by atoms with E-state index < -0.39 is 5.91 Å². The molecule has 154 valence electrons. The molecule has 0 unspecified atom stereocenters. The Morgan fingerprint density at radius 3 is 2.39 bits per heavy atom. The lowest BCUT2D eigenvalue weighted by molar-refractivity contribution is 0.0995. The summed E-state index contributed by atoms with van der Waals surface area (Å²) in [7, 11) is 1.93. The van der Waals surface area contributed by atoms with Crippen LogP contribution in [-0.4, -0.2) is 17.9 Å². The van der Waals surface area contributed by atoms with Crippen LogP contribution in [0.1, 0.15) is 10.5 Å². The molecule has 1 heterocycles. The molecule has 31 heavy (non-hydrogen) atoms. The summed E-state index contributed by atoms with van der Waals surface area (Å²) < 4.78 is 19.3. The number of hydrogen-bond acceptors (Lipinski definition) is 4. The molecule has 3 aromatic carbocycles. The van der Waals surface area contributed by atoms with E-state index in [9.17, 15) is 9.18 Å². The Kier molecular flexibility index (Phi) is 5.62. The monoisotopic (exact) mass is 413 g/mol. The Bertz CT molecular complexity index is 1210. The van der Waals surface area contributed by atoms with Crippen LogP contribution >= 0.6 is 0 Å². The van der Waals surface area contributed by atoms with E-state index in [0.29, 0.717) is 17.2 Å². The summed E-state index contributed by atoms with van der Waals surface area (Å²) in [4.78, 5) is 17.9. The molecule has 5 nitrogen and oxygen atoms in total. The lowest BCUT2D eigenvalue weighted by Crippen LogP contribution is -2.13. The summed E-state index contributed by atoms with van der Waals surface area (Å²) in [5.74, 6) is 0.197. The number of para-hydroxylation sites is 1. The summed E-state index contributed by atoms with van der Waals surface area (Å²) in [5, 5.41) is 0. The lowest BCUT2D eigenvalue weighted by Gasteiger charge is -2.23. The van der Waals surface area contributed by atoms with Gasteiger partial charge in [0, 0.05) is 18.3 Å². The van der Waals surface area contributed by atoms with Crippen LogP contribution in [0.5, 0.6) is 11.5 Å². The van der Waals surface area contributed by atoms with Crippen LogP contribution in [0.4, 0.5) is 15.8 Å². The van der Waals surface area contributed by atoms with Gasteiger partial charge in [0.15, 0.2) is 5.75 Å². The van der Waals surface area contributed by atoms with Gasteiger partial charge in [-0.1, -0.05) is 24.3 Å². The first-order valence-corrected chi connectivity index (χ1v) is 9.65. The normalized spacial score (nSPS) is 10.5. The van der Waals surface area contributed by atoms with Gasteiger partial charge in [0.1, 0.15) is 17.3 Å². The van der Waals surface area contributed by atoms with Crippen molar-refractivity contribution in [1.29, 1.82) is 0 Å². The quantitative estimate of drug-likeness (QED) is 0.450. The number of rotatable bonds is 6. The van der Waals surface area contributed by atoms with Crippen LogP contribution in [0.25, 0.3) is 11.3 Å². The van der Waals surface area contributed by atoms with Gasteiger partial charge in [0.2, 0.25) is 0 Å². The zero-order valence-electron chi connectivity index (χ0n) is 16.8. The van der Waals surface area contributed by atoms with Crippen molar-refractivity contribution in [2.24, 2.45) is 5.73 Å². The number of carbonyl (C=O) groups is 1. The highest BCUT2D eigenvalue weighted by Crippen LogP contribution is 2.38. The highest BCUT2D eigenvalue weighted by molar-refractivity contribution is 5.91. The number of primary amides is 1. The van der Waals surface area contributed by atoms with Crippen molar-refractivity contribution in [1.82, 2.24) is 4.98 Å². The SMILES string of the molecule is CN(c1ccccc1)c1cc(-c2cccc(C(N)=O)n2)ccc1Oc1ccc(F)cc1. The van der Waals surface area contributed by atoms with E-state index in [0.717, 1.165) is 16.9 Å². The Labute approximate surface area is 179 Å². The van der Waals surface area contributed by atoms with Crippen LogP contribution < -0.4 is 15.4 Å². The topological polar surface area (TPSA) is 68.5 Å². The van der Waals surface area contributed by atoms with Crippen molar-refractivity contribution >= 4 is 17.3 Å². The molecule has 0 spiro atoms. The minimum absolute atomic E-state index is 0.196. The standard InChI is InChI=1S/C25H20FN3O2/c1-29(19-6-3-2-4-7-19)23-16-17(21-8-5-9-22(28-21)25(27)30)10-15-24(23)31-20-13-11-18(26)12-14-20/h2-16H,1H3,(H2,27,30). The van der Waals surface area contributed by atoms with E-state index in [1.807, 2.05) is 66.5 Å². The van der Waals surface area contributed by atoms with Gasteiger partial charge in [-0.3, -0.25) is 4.79 Å². The van der Waals surface area contributed by atoms with Gasteiger partial charge in [0.05, 0.1) is 11.4 Å². The van der Waals surface area contributed by atoms with Crippen molar-refractivity contribution in [3.8, 4) is 22.8 Å². The van der Waals surface area contributed by atoms with Crippen molar-refractivity contribution < 1.29 is 13.9 Å². The summed E-state index contributed by atoms with van der Waals surface area (Å²) in [5.41, 5.74) is 8.73. The fourth-order valence-corrected chi connectivity index (χ4v) is 3.18. The highest BCUT2D eigenvalue weighted by Gasteiger charge is 2.15. The maximum absolute atomic E-state index is 13.3. The number of nitrogens with two attached hydrogens (primary N) is 1. The average Bonchev–Trinajstić information content (AvgIpc) is 2.81. The number of amides is 1. The number of carbonyl (C=O) groups excluding carboxylic acids is 1. The second-order valence-corrected chi connectivity index (χ2v) is 6.91. The minimum atomic E-state index is -0.584. The van der Waals surface area contributed by atoms with Crippen molar-refractivity contribution in [3.05, 3.63) is 103 Å². The molecular weight excluding hydrogens is 393 g/mol. The van der Waals surface area contributed by atoms with Crippen LogP contribution in [-0.2, 0) is 0 Å². The Morgan fingerprint density at radius 1 is 0.935 bits per heavy atom. The summed E-state index contributed by atoms with van der Waals surface area (Å²) >= 11 is 0. The number of ether oxygens (including phenoxy) is 1. The van der Waals surface area contributed by atoms with Gasteiger partial charge in [-0.15, -0.1) is 0 Å². The molecule has 0 saturated heterocycles. The zero-order valence-corrected chi connectivity index (χ0v) is 16.8. The number of pyridine rings is 1. The molecule has 0 aliphatic rings.